The molecule has 1 aliphatic rings. The Kier molecular flexibility index (Phi) is 2.09. The van der Waals surface area contributed by atoms with Gasteiger partial charge in [-0.15, -0.1) is 0 Å². The van der Waals surface area contributed by atoms with Crippen LogP contribution in [0.4, 0.5) is 0 Å². The molecule has 0 aliphatic carbocycles. The third-order valence-electron chi connectivity index (χ3n) is 1.96. The summed E-state index contributed by atoms with van der Waals surface area (Å²) >= 11 is 0. The van der Waals surface area contributed by atoms with Crippen molar-refractivity contribution in [3.63, 3.8) is 0 Å². The Balaban J connectivity index is 2.35. The maximum Gasteiger partial charge on any atom is 0.0701 e. The van der Waals surface area contributed by atoms with Crippen LogP contribution in [0, 0.1) is 0 Å². The van der Waals surface area contributed by atoms with Crippen molar-refractivity contribution in [2.24, 2.45) is 5.73 Å². The van der Waals surface area contributed by atoms with Crippen LogP contribution < -0.4 is 5.73 Å². The van der Waals surface area contributed by atoms with Crippen LogP contribution in [0.25, 0.3) is 0 Å². The van der Waals surface area contributed by atoms with Crippen LogP contribution in [0.15, 0.2) is 0 Å². The highest BCUT2D eigenvalue weighted by atomic mass is 16.5. The van der Waals surface area contributed by atoms with Crippen molar-refractivity contribution in [3.8, 4) is 0 Å². The van der Waals surface area contributed by atoms with Crippen LogP contribution >= 0.6 is 0 Å². The summed E-state index contributed by atoms with van der Waals surface area (Å²) in [6, 6.07) is 0.265. The van der Waals surface area contributed by atoms with E-state index in [1.807, 2.05) is 6.92 Å². The van der Waals surface area contributed by atoms with Crippen molar-refractivity contribution in [1.82, 2.24) is 0 Å². The second-order valence-corrected chi connectivity index (χ2v) is 2.89. The minimum absolute atomic E-state index is 0.258. The maximum absolute atomic E-state index is 5.72. The largest absolute Gasteiger partial charge is 0.374 e. The zero-order valence-electron chi connectivity index (χ0n) is 6.13. The van der Waals surface area contributed by atoms with Gasteiger partial charge in [-0.25, -0.2) is 0 Å². The predicted octanol–water partition coefficient (Wildman–Crippen LogP) is 0.901. The molecule has 2 N–H and O–H groups in total. The van der Waals surface area contributed by atoms with Crippen molar-refractivity contribution in [2.75, 3.05) is 0 Å². The molecule has 0 aromatic carbocycles. The fourth-order valence-electron chi connectivity index (χ4n) is 1.20. The minimum atomic E-state index is 0.258. The molecule has 1 heterocycles. The molecule has 0 bridgehead atoms. The van der Waals surface area contributed by atoms with Gasteiger partial charge < -0.3 is 10.5 Å². The molecule has 9 heavy (non-hydrogen) atoms. The average Bonchev–Trinajstić information content (AvgIpc) is 1.80. The van der Waals surface area contributed by atoms with Crippen LogP contribution in [0.3, 0.4) is 0 Å². The highest BCUT2D eigenvalue weighted by Gasteiger charge is 2.21. The molecule has 0 saturated carbocycles. The van der Waals surface area contributed by atoms with Crippen LogP contribution in [-0.2, 0) is 4.74 Å². The summed E-state index contributed by atoms with van der Waals surface area (Å²) in [7, 11) is 0. The lowest BCUT2D eigenvalue weighted by Crippen LogP contribution is -2.41. The lowest BCUT2D eigenvalue weighted by Gasteiger charge is -2.30. The van der Waals surface area contributed by atoms with E-state index in [0.717, 1.165) is 12.8 Å². The summed E-state index contributed by atoms with van der Waals surface area (Å²) in [5, 5.41) is 0. The summed E-state index contributed by atoms with van der Waals surface area (Å²) < 4.78 is 5.47. The molecule has 1 aliphatic heterocycles. The van der Waals surface area contributed by atoms with Crippen LogP contribution in [0.1, 0.15) is 26.7 Å². The van der Waals surface area contributed by atoms with Gasteiger partial charge in [-0.1, -0.05) is 0 Å². The van der Waals surface area contributed by atoms with Crippen molar-refractivity contribution >= 4 is 0 Å². The SMILES string of the molecule is CC1O[C@@H](C)CC[C@@H]1N. The highest BCUT2D eigenvalue weighted by Crippen LogP contribution is 2.16. The first kappa shape index (κ1) is 7.03. The molecular formula is C7H15NO. The Hall–Kier alpha value is -0.0800. The normalized spacial score (nSPS) is 45.0. The number of ether oxygens (including phenoxy) is 1. The van der Waals surface area contributed by atoms with Gasteiger partial charge in [0.15, 0.2) is 0 Å². The molecule has 1 unspecified atom stereocenters. The van der Waals surface area contributed by atoms with E-state index in [2.05, 4.69) is 6.92 Å². The second-order valence-electron chi connectivity index (χ2n) is 2.89. The standard InChI is InChI=1S/C7H15NO/c1-5-3-4-7(8)6(2)9-5/h5-7H,3-4,8H2,1-2H3/t5-,6?,7-/m0/s1. The Labute approximate surface area is 56.4 Å². The first-order chi connectivity index (χ1) is 4.20. The van der Waals surface area contributed by atoms with Crippen LogP contribution in [0.2, 0.25) is 0 Å². The van der Waals surface area contributed by atoms with Gasteiger partial charge in [0.25, 0.3) is 0 Å². The van der Waals surface area contributed by atoms with E-state index in [-0.39, 0.29) is 12.1 Å². The van der Waals surface area contributed by atoms with Gasteiger partial charge in [-0.05, 0) is 26.7 Å². The summed E-state index contributed by atoms with van der Waals surface area (Å²) in [4.78, 5) is 0. The molecule has 2 nitrogen and oxygen atoms in total. The summed E-state index contributed by atoms with van der Waals surface area (Å²) in [5.41, 5.74) is 5.72. The topological polar surface area (TPSA) is 35.2 Å². The smallest absolute Gasteiger partial charge is 0.0701 e. The first-order valence-electron chi connectivity index (χ1n) is 3.61. The van der Waals surface area contributed by atoms with E-state index in [9.17, 15) is 0 Å². The summed E-state index contributed by atoms with van der Waals surface area (Å²) in [6.45, 7) is 4.14. The molecule has 1 rings (SSSR count). The molecule has 1 fully saturated rings. The zero-order valence-corrected chi connectivity index (χ0v) is 6.13. The number of nitrogens with two attached hydrogens (primary N) is 1. The minimum Gasteiger partial charge on any atom is -0.374 e. The van der Waals surface area contributed by atoms with Gasteiger partial charge >= 0.3 is 0 Å². The van der Waals surface area contributed by atoms with Gasteiger partial charge in [-0.3, -0.25) is 0 Å². The molecule has 0 aromatic rings. The third-order valence-corrected chi connectivity index (χ3v) is 1.96. The quantitative estimate of drug-likeness (QED) is 0.527. The molecule has 0 aromatic heterocycles. The molecule has 3 atom stereocenters. The molecule has 2 heteroatoms. The van der Waals surface area contributed by atoms with Gasteiger partial charge in [0.1, 0.15) is 0 Å². The van der Waals surface area contributed by atoms with Crippen molar-refractivity contribution in [1.29, 1.82) is 0 Å². The van der Waals surface area contributed by atoms with E-state index in [0.29, 0.717) is 6.10 Å². The van der Waals surface area contributed by atoms with Crippen molar-refractivity contribution in [3.05, 3.63) is 0 Å². The van der Waals surface area contributed by atoms with E-state index >= 15 is 0 Å². The molecule has 0 spiro atoms. The summed E-state index contributed by atoms with van der Waals surface area (Å²) in [6.07, 6.45) is 2.90. The first-order valence-corrected chi connectivity index (χ1v) is 3.61. The second kappa shape index (κ2) is 2.67. The number of hydrogen-bond acceptors (Lipinski definition) is 2. The highest BCUT2D eigenvalue weighted by molar-refractivity contribution is 4.76. The van der Waals surface area contributed by atoms with Crippen molar-refractivity contribution < 1.29 is 4.74 Å². The summed E-state index contributed by atoms with van der Waals surface area (Å²) in [5.74, 6) is 0. The van der Waals surface area contributed by atoms with Gasteiger partial charge in [-0.2, -0.15) is 0 Å². The number of hydrogen-bond donors (Lipinski definition) is 1. The third kappa shape index (κ3) is 1.66. The van der Waals surface area contributed by atoms with Crippen LogP contribution in [-0.4, -0.2) is 18.2 Å². The van der Waals surface area contributed by atoms with E-state index in [4.69, 9.17) is 10.5 Å². The monoisotopic (exact) mass is 129 g/mol. The molecule has 54 valence electrons. The van der Waals surface area contributed by atoms with Crippen molar-refractivity contribution in [2.45, 2.75) is 44.9 Å². The molecular weight excluding hydrogens is 114 g/mol. The van der Waals surface area contributed by atoms with Crippen LogP contribution in [0.5, 0.6) is 0 Å². The average molecular weight is 129 g/mol. The Morgan fingerprint density at radius 3 is 2.44 bits per heavy atom. The molecule has 0 radical (unpaired) electrons. The zero-order chi connectivity index (χ0) is 6.85. The fraction of sp³-hybridized carbons (Fsp3) is 1.00. The number of rotatable bonds is 0. The fourth-order valence-corrected chi connectivity index (χ4v) is 1.20. The van der Waals surface area contributed by atoms with E-state index in [1.165, 1.54) is 0 Å². The van der Waals surface area contributed by atoms with E-state index < -0.39 is 0 Å². The molecule has 1 saturated heterocycles. The maximum atomic E-state index is 5.72. The van der Waals surface area contributed by atoms with Gasteiger partial charge in [0.05, 0.1) is 12.2 Å². The Morgan fingerprint density at radius 1 is 1.33 bits per heavy atom. The predicted molar refractivity (Wildman–Crippen MR) is 37.2 cm³/mol. The molecule has 0 amide bonds. The lowest BCUT2D eigenvalue weighted by atomic mass is 10.0. The lowest BCUT2D eigenvalue weighted by molar-refractivity contribution is -0.0410. The Morgan fingerprint density at radius 2 is 2.00 bits per heavy atom. The van der Waals surface area contributed by atoms with Gasteiger partial charge in [0, 0.05) is 6.04 Å². The van der Waals surface area contributed by atoms with Gasteiger partial charge in [0.2, 0.25) is 0 Å². The Bertz CT molecular complexity index is 94.9. The van der Waals surface area contributed by atoms with E-state index in [1.54, 1.807) is 0 Å².